The summed E-state index contributed by atoms with van der Waals surface area (Å²) in [5.41, 5.74) is -0.210. The summed E-state index contributed by atoms with van der Waals surface area (Å²) in [5.74, 6) is 3.07. The van der Waals surface area contributed by atoms with Crippen LogP contribution in [0.25, 0.3) is 0 Å². The van der Waals surface area contributed by atoms with E-state index in [4.69, 9.17) is 9.29 Å². The zero-order valence-electron chi connectivity index (χ0n) is 16.7. The number of benzene rings is 1. The van der Waals surface area contributed by atoms with Crippen LogP contribution in [0.4, 0.5) is 0 Å². The summed E-state index contributed by atoms with van der Waals surface area (Å²) >= 11 is -0.377. The molecule has 0 saturated heterocycles. The van der Waals surface area contributed by atoms with Crippen molar-refractivity contribution >= 4 is 28.8 Å². The highest BCUT2D eigenvalue weighted by Crippen LogP contribution is 2.64. The standard InChI is InChI=1S/C22H30O4S2/c1-21(2,22-12-15-9-16(13-22)11-17(10-15)14-22)26-20(23)7-8-27-18-3-5-19(6-4-18)28(24)25/h3-6,15-17H,7-14H2,1-2H3,(H,24,25). The number of rotatable bonds is 7. The van der Waals surface area contributed by atoms with Gasteiger partial charge in [0.05, 0.1) is 11.3 Å². The molecule has 4 fully saturated rings. The zero-order valence-corrected chi connectivity index (χ0v) is 18.3. The lowest BCUT2D eigenvalue weighted by Crippen LogP contribution is -2.57. The predicted octanol–water partition coefficient (Wildman–Crippen LogP) is 5.29. The van der Waals surface area contributed by atoms with Crippen LogP contribution in [0.15, 0.2) is 34.1 Å². The van der Waals surface area contributed by atoms with Gasteiger partial charge >= 0.3 is 5.97 Å². The third-order valence-electron chi connectivity index (χ3n) is 7.28. The van der Waals surface area contributed by atoms with Crippen LogP contribution in [0, 0.1) is 23.2 Å². The molecule has 4 aliphatic carbocycles. The summed E-state index contributed by atoms with van der Waals surface area (Å²) < 4.78 is 26.2. The van der Waals surface area contributed by atoms with Gasteiger partial charge in [-0.1, -0.05) is 0 Å². The van der Waals surface area contributed by atoms with Crippen molar-refractivity contribution < 1.29 is 18.3 Å². The molecule has 1 aromatic carbocycles. The second kappa shape index (κ2) is 7.77. The number of hydrogen-bond donors (Lipinski definition) is 1. The maximum Gasteiger partial charge on any atom is 0.307 e. The maximum atomic E-state index is 12.6. The van der Waals surface area contributed by atoms with E-state index in [1.54, 1.807) is 23.9 Å². The van der Waals surface area contributed by atoms with Crippen molar-refractivity contribution in [3.8, 4) is 0 Å². The van der Waals surface area contributed by atoms with E-state index in [0.717, 1.165) is 22.6 Å². The van der Waals surface area contributed by atoms with Crippen LogP contribution < -0.4 is 0 Å². The van der Waals surface area contributed by atoms with Crippen molar-refractivity contribution in [2.75, 3.05) is 5.75 Å². The number of carbonyl (C=O) groups is 1. The largest absolute Gasteiger partial charge is 0.459 e. The SMILES string of the molecule is CC(C)(OC(=O)CCSc1ccc(S(=O)O)cc1)C12CC3CC(CC(C3)C1)C2. The fourth-order valence-electron chi connectivity index (χ4n) is 6.20. The monoisotopic (exact) mass is 422 g/mol. The van der Waals surface area contributed by atoms with E-state index in [1.165, 1.54) is 38.5 Å². The molecule has 0 spiro atoms. The Hall–Kier alpha value is -0.850. The summed E-state index contributed by atoms with van der Waals surface area (Å²) in [4.78, 5) is 14.0. The third-order valence-corrected chi connectivity index (χ3v) is 8.97. The molecule has 4 aliphatic rings. The van der Waals surface area contributed by atoms with E-state index < -0.39 is 16.7 Å². The zero-order chi connectivity index (χ0) is 19.9. The van der Waals surface area contributed by atoms with Gasteiger partial charge < -0.3 is 9.29 Å². The Kier molecular flexibility index (Phi) is 5.66. The molecular weight excluding hydrogens is 392 g/mol. The molecule has 28 heavy (non-hydrogen) atoms. The van der Waals surface area contributed by atoms with Crippen molar-refractivity contribution in [2.45, 2.75) is 74.2 Å². The Balaban J connectivity index is 1.30. The van der Waals surface area contributed by atoms with Crippen molar-refractivity contribution in [1.29, 1.82) is 0 Å². The molecule has 0 heterocycles. The normalized spacial score (nSPS) is 32.3. The first-order chi connectivity index (χ1) is 13.3. The average Bonchev–Trinajstić information content (AvgIpc) is 2.60. The van der Waals surface area contributed by atoms with Crippen molar-refractivity contribution in [1.82, 2.24) is 0 Å². The minimum Gasteiger partial charge on any atom is -0.459 e. The molecule has 1 atom stereocenters. The molecule has 4 bridgehead atoms. The first-order valence-electron chi connectivity index (χ1n) is 10.3. The van der Waals surface area contributed by atoms with Crippen molar-refractivity contribution in [3.05, 3.63) is 24.3 Å². The lowest BCUT2D eigenvalue weighted by molar-refractivity contribution is -0.198. The molecule has 0 aliphatic heterocycles. The van der Waals surface area contributed by atoms with Gasteiger partial charge in [-0.25, -0.2) is 4.21 Å². The van der Waals surface area contributed by atoms with E-state index >= 15 is 0 Å². The van der Waals surface area contributed by atoms with Crippen LogP contribution >= 0.6 is 11.8 Å². The lowest BCUT2D eigenvalue weighted by atomic mass is 9.46. The van der Waals surface area contributed by atoms with Gasteiger partial charge in [0, 0.05) is 16.1 Å². The summed E-state index contributed by atoms with van der Waals surface area (Å²) in [6.07, 6.45) is 8.24. The molecule has 0 radical (unpaired) electrons. The Morgan fingerprint density at radius 1 is 1.14 bits per heavy atom. The summed E-state index contributed by atoms with van der Waals surface area (Å²) in [7, 11) is 0. The van der Waals surface area contributed by atoms with Crippen LogP contribution in [-0.2, 0) is 20.6 Å². The maximum absolute atomic E-state index is 12.6. The second-order valence-electron chi connectivity index (χ2n) is 9.50. The number of hydrogen-bond acceptors (Lipinski definition) is 4. The lowest BCUT2D eigenvalue weighted by Gasteiger charge is -2.61. The second-order valence-corrected chi connectivity index (χ2v) is 11.6. The Bertz CT molecular complexity index is 721. The fraction of sp³-hybridized carbons (Fsp3) is 0.682. The van der Waals surface area contributed by atoms with E-state index in [-0.39, 0.29) is 11.4 Å². The van der Waals surface area contributed by atoms with Gasteiger partial charge in [0.25, 0.3) is 0 Å². The first-order valence-corrected chi connectivity index (χ1v) is 12.4. The molecule has 4 nitrogen and oxygen atoms in total. The Labute approximate surface area is 174 Å². The molecule has 6 heteroatoms. The smallest absolute Gasteiger partial charge is 0.307 e. The molecule has 154 valence electrons. The highest BCUT2D eigenvalue weighted by Gasteiger charge is 2.58. The Morgan fingerprint density at radius 2 is 1.68 bits per heavy atom. The van der Waals surface area contributed by atoms with Gasteiger partial charge in [0.2, 0.25) is 0 Å². The van der Waals surface area contributed by atoms with Crippen molar-refractivity contribution in [2.24, 2.45) is 23.2 Å². The average molecular weight is 423 g/mol. The number of thioether (sulfide) groups is 1. The van der Waals surface area contributed by atoms with Gasteiger partial charge in [-0.3, -0.25) is 4.79 Å². The highest BCUT2D eigenvalue weighted by atomic mass is 32.2. The number of carbonyl (C=O) groups excluding carboxylic acids is 1. The molecule has 1 unspecified atom stereocenters. The van der Waals surface area contributed by atoms with Gasteiger partial charge in [-0.05, 0) is 94.4 Å². The molecule has 1 N–H and O–H groups in total. The van der Waals surface area contributed by atoms with Crippen LogP contribution in [0.1, 0.15) is 58.8 Å². The van der Waals surface area contributed by atoms with Crippen LogP contribution in [0.3, 0.4) is 0 Å². The molecule has 0 aromatic heterocycles. The highest BCUT2D eigenvalue weighted by molar-refractivity contribution is 7.99. The molecular formula is C22H30O4S2. The van der Waals surface area contributed by atoms with Crippen LogP contribution in [0.5, 0.6) is 0 Å². The minimum absolute atomic E-state index is 0.110. The van der Waals surface area contributed by atoms with Crippen LogP contribution in [0.2, 0.25) is 0 Å². The molecule has 5 rings (SSSR count). The van der Waals surface area contributed by atoms with Gasteiger partial charge in [0.15, 0.2) is 11.1 Å². The van der Waals surface area contributed by atoms with Crippen LogP contribution in [-0.4, -0.2) is 26.1 Å². The predicted molar refractivity (Wildman–Crippen MR) is 112 cm³/mol. The summed E-state index contributed by atoms with van der Waals surface area (Å²) in [6, 6.07) is 6.93. The number of esters is 1. The quantitative estimate of drug-likeness (QED) is 0.368. The molecule has 4 saturated carbocycles. The molecule has 1 aromatic rings. The number of ether oxygens (including phenoxy) is 1. The van der Waals surface area contributed by atoms with E-state index in [9.17, 15) is 9.00 Å². The first kappa shape index (κ1) is 20.4. The van der Waals surface area contributed by atoms with Gasteiger partial charge in [0.1, 0.15) is 5.60 Å². The minimum atomic E-state index is -1.95. The van der Waals surface area contributed by atoms with Gasteiger partial charge in [-0.2, -0.15) is 0 Å². The molecule has 0 amide bonds. The topological polar surface area (TPSA) is 63.6 Å². The van der Waals surface area contributed by atoms with Gasteiger partial charge in [-0.15, -0.1) is 11.8 Å². The van der Waals surface area contributed by atoms with E-state index in [1.807, 2.05) is 12.1 Å². The van der Waals surface area contributed by atoms with E-state index in [2.05, 4.69) is 13.8 Å². The summed E-state index contributed by atoms with van der Waals surface area (Å²) in [5, 5.41) is 0. The van der Waals surface area contributed by atoms with E-state index in [0.29, 0.717) is 17.1 Å². The van der Waals surface area contributed by atoms with Crippen molar-refractivity contribution in [3.63, 3.8) is 0 Å². The Morgan fingerprint density at radius 3 is 2.18 bits per heavy atom. The fourth-order valence-corrected chi connectivity index (χ4v) is 7.40. The summed E-state index contributed by atoms with van der Waals surface area (Å²) in [6.45, 7) is 4.28. The third kappa shape index (κ3) is 4.05.